The van der Waals surface area contributed by atoms with E-state index in [0.717, 1.165) is 33.3 Å². The van der Waals surface area contributed by atoms with Crippen LogP contribution in [0.1, 0.15) is 32.7 Å². The van der Waals surface area contributed by atoms with Gasteiger partial charge in [-0.15, -0.1) is 0 Å². The Hall–Kier alpha value is -3.93. The molecule has 0 radical (unpaired) electrons. The molecule has 6 heteroatoms. The predicted octanol–water partition coefficient (Wildman–Crippen LogP) is 3.88. The van der Waals surface area contributed by atoms with Gasteiger partial charge < -0.3 is 15.6 Å². The van der Waals surface area contributed by atoms with E-state index in [0.29, 0.717) is 24.9 Å². The van der Waals surface area contributed by atoms with Crippen LogP contribution in [0.2, 0.25) is 0 Å². The second-order valence-electron chi connectivity index (χ2n) is 8.25. The van der Waals surface area contributed by atoms with E-state index in [2.05, 4.69) is 20.6 Å². The molecule has 0 spiro atoms. The van der Waals surface area contributed by atoms with Crippen molar-refractivity contribution in [2.24, 2.45) is 0 Å². The number of benzene rings is 2. The molecule has 0 saturated heterocycles. The lowest BCUT2D eigenvalue weighted by Gasteiger charge is -2.19. The topological polar surface area (TPSA) is 86.9 Å². The number of para-hydroxylation sites is 1. The van der Waals surface area contributed by atoms with Crippen LogP contribution in [0.4, 0.5) is 0 Å². The van der Waals surface area contributed by atoms with Crippen molar-refractivity contribution < 1.29 is 9.59 Å². The van der Waals surface area contributed by atoms with Gasteiger partial charge in [-0.25, -0.2) is 0 Å². The van der Waals surface area contributed by atoms with Crippen LogP contribution in [0.25, 0.3) is 10.9 Å². The number of pyridine rings is 1. The minimum absolute atomic E-state index is 0.214. The molecule has 4 aromatic rings. The van der Waals surface area contributed by atoms with Crippen LogP contribution in [0.3, 0.4) is 0 Å². The molecule has 4 rings (SSSR count). The van der Waals surface area contributed by atoms with Gasteiger partial charge in [0, 0.05) is 53.9 Å². The number of carbonyl (C=O) groups excluding carboxylic acids is 2. The maximum absolute atomic E-state index is 13.1. The fourth-order valence-electron chi connectivity index (χ4n) is 3.84. The number of aromatic nitrogens is 2. The summed E-state index contributed by atoms with van der Waals surface area (Å²) in [6.45, 7) is 4.42. The summed E-state index contributed by atoms with van der Waals surface area (Å²) in [5.41, 5.74) is 5.59. The molecular weight excluding hydrogens is 412 g/mol. The van der Waals surface area contributed by atoms with Crippen molar-refractivity contribution in [3.05, 3.63) is 101 Å². The fourth-order valence-corrected chi connectivity index (χ4v) is 3.84. The molecule has 2 aromatic carbocycles. The first-order valence-electron chi connectivity index (χ1n) is 11.1. The Kier molecular flexibility index (Phi) is 6.83. The van der Waals surface area contributed by atoms with Crippen molar-refractivity contribution in [2.75, 3.05) is 6.54 Å². The lowest BCUT2D eigenvalue weighted by Crippen LogP contribution is -2.48. The van der Waals surface area contributed by atoms with Crippen molar-refractivity contribution in [1.82, 2.24) is 20.6 Å². The molecule has 3 N–H and O–H groups in total. The lowest BCUT2D eigenvalue weighted by molar-refractivity contribution is -0.122. The van der Waals surface area contributed by atoms with Crippen molar-refractivity contribution in [3.63, 3.8) is 0 Å². The predicted molar refractivity (Wildman–Crippen MR) is 130 cm³/mol. The van der Waals surface area contributed by atoms with Crippen LogP contribution in [-0.2, 0) is 17.6 Å². The number of hydrogen-bond acceptors (Lipinski definition) is 3. The lowest BCUT2D eigenvalue weighted by atomic mass is 10.0. The van der Waals surface area contributed by atoms with E-state index < -0.39 is 6.04 Å². The van der Waals surface area contributed by atoms with Gasteiger partial charge >= 0.3 is 0 Å². The Morgan fingerprint density at radius 1 is 1.00 bits per heavy atom. The van der Waals surface area contributed by atoms with Crippen LogP contribution in [-0.4, -0.2) is 34.4 Å². The average molecular weight is 441 g/mol. The van der Waals surface area contributed by atoms with Gasteiger partial charge in [0.15, 0.2) is 0 Å². The van der Waals surface area contributed by atoms with E-state index in [4.69, 9.17) is 0 Å². The molecule has 0 fully saturated rings. The van der Waals surface area contributed by atoms with Crippen LogP contribution >= 0.6 is 0 Å². The number of hydrogen-bond donors (Lipinski definition) is 3. The standard InChI is InChI=1S/C27H28N4O2/c1-18-10-11-20(15-19(18)2)26(32)31-25(16-21-17-30-24-9-4-3-8-23(21)24)27(33)29-14-12-22-7-5-6-13-28-22/h3-11,13,15,17,25,30H,12,14,16H2,1-2H3,(H,29,33)(H,31,32)/t25-/m1/s1. The van der Waals surface area contributed by atoms with Crippen LogP contribution in [0.15, 0.2) is 73.1 Å². The Morgan fingerprint density at radius 2 is 1.82 bits per heavy atom. The molecule has 0 aliphatic heterocycles. The number of aromatic amines is 1. The highest BCUT2D eigenvalue weighted by Crippen LogP contribution is 2.19. The smallest absolute Gasteiger partial charge is 0.251 e. The van der Waals surface area contributed by atoms with Gasteiger partial charge in [-0.1, -0.05) is 30.3 Å². The summed E-state index contributed by atoms with van der Waals surface area (Å²) in [6, 6.07) is 18.5. The van der Waals surface area contributed by atoms with Crippen molar-refractivity contribution in [2.45, 2.75) is 32.7 Å². The molecule has 2 aromatic heterocycles. The van der Waals surface area contributed by atoms with Crippen LogP contribution in [0, 0.1) is 13.8 Å². The quantitative estimate of drug-likeness (QED) is 0.389. The molecule has 33 heavy (non-hydrogen) atoms. The van der Waals surface area contributed by atoms with Crippen molar-refractivity contribution in [1.29, 1.82) is 0 Å². The third-order valence-electron chi connectivity index (χ3n) is 5.90. The van der Waals surface area contributed by atoms with Crippen LogP contribution < -0.4 is 10.6 Å². The van der Waals surface area contributed by atoms with Gasteiger partial charge in [0.2, 0.25) is 5.91 Å². The van der Waals surface area contributed by atoms with E-state index in [1.54, 1.807) is 12.3 Å². The molecule has 2 amide bonds. The summed E-state index contributed by atoms with van der Waals surface area (Å²) in [6.07, 6.45) is 4.65. The number of nitrogens with one attached hydrogen (secondary N) is 3. The summed E-state index contributed by atoms with van der Waals surface area (Å²) in [5, 5.41) is 6.96. The Morgan fingerprint density at radius 3 is 2.61 bits per heavy atom. The highest BCUT2D eigenvalue weighted by atomic mass is 16.2. The SMILES string of the molecule is Cc1ccc(C(=O)N[C@H](Cc2c[nH]c3ccccc23)C(=O)NCCc2ccccn2)cc1C. The maximum atomic E-state index is 13.1. The highest BCUT2D eigenvalue weighted by molar-refractivity contribution is 5.98. The molecule has 1 atom stereocenters. The summed E-state index contributed by atoms with van der Waals surface area (Å²) in [5.74, 6) is -0.476. The van der Waals surface area contributed by atoms with Gasteiger partial charge in [-0.3, -0.25) is 14.6 Å². The van der Waals surface area contributed by atoms with Crippen LogP contribution in [0.5, 0.6) is 0 Å². The molecule has 6 nitrogen and oxygen atoms in total. The fraction of sp³-hybridized carbons (Fsp3) is 0.222. The van der Waals surface area contributed by atoms with Gasteiger partial charge in [0.25, 0.3) is 5.91 Å². The third-order valence-corrected chi connectivity index (χ3v) is 5.90. The zero-order valence-electron chi connectivity index (χ0n) is 18.9. The summed E-state index contributed by atoms with van der Waals surface area (Å²) >= 11 is 0. The first kappa shape index (κ1) is 22.3. The molecular formula is C27H28N4O2. The van der Waals surface area contributed by atoms with Gasteiger partial charge in [-0.2, -0.15) is 0 Å². The minimum Gasteiger partial charge on any atom is -0.361 e. The Balaban J connectivity index is 1.50. The number of nitrogens with zero attached hydrogens (tertiary/aromatic N) is 1. The summed E-state index contributed by atoms with van der Waals surface area (Å²) in [7, 11) is 0. The number of fused-ring (bicyclic) bond motifs is 1. The van der Waals surface area contributed by atoms with Gasteiger partial charge in [-0.05, 0) is 60.9 Å². The minimum atomic E-state index is -0.706. The first-order valence-corrected chi connectivity index (χ1v) is 11.1. The molecule has 0 saturated carbocycles. The first-order chi connectivity index (χ1) is 16.0. The Bertz CT molecular complexity index is 1260. The maximum Gasteiger partial charge on any atom is 0.251 e. The average Bonchev–Trinajstić information content (AvgIpc) is 3.24. The second-order valence-corrected chi connectivity index (χ2v) is 8.25. The molecule has 168 valence electrons. The van der Waals surface area contributed by atoms with Gasteiger partial charge in [0.1, 0.15) is 6.04 Å². The zero-order valence-corrected chi connectivity index (χ0v) is 18.9. The third kappa shape index (κ3) is 5.47. The monoisotopic (exact) mass is 440 g/mol. The van der Waals surface area contributed by atoms with Crippen molar-refractivity contribution in [3.8, 4) is 0 Å². The number of amides is 2. The zero-order chi connectivity index (χ0) is 23.2. The molecule has 2 heterocycles. The van der Waals surface area contributed by atoms with E-state index in [9.17, 15) is 9.59 Å². The summed E-state index contributed by atoms with van der Waals surface area (Å²) in [4.78, 5) is 33.7. The largest absolute Gasteiger partial charge is 0.361 e. The number of aryl methyl sites for hydroxylation is 2. The van der Waals surface area contributed by atoms with E-state index in [-0.39, 0.29) is 11.8 Å². The molecule has 0 aliphatic rings. The molecule has 0 bridgehead atoms. The Labute approximate surface area is 193 Å². The number of carbonyl (C=O) groups is 2. The highest BCUT2D eigenvalue weighted by Gasteiger charge is 2.23. The number of rotatable bonds is 8. The van der Waals surface area contributed by atoms with E-state index >= 15 is 0 Å². The van der Waals surface area contributed by atoms with E-state index in [1.165, 1.54) is 0 Å². The van der Waals surface area contributed by atoms with E-state index in [1.807, 2.05) is 74.6 Å². The number of H-pyrrole nitrogens is 1. The summed E-state index contributed by atoms with van der Waals surface area (Å²) < 4.78 is 0. The van der Waals surface area contributed by atoms with Gasteiger partial charge in [0.05, 0.1) is 0 Å². The normalized spacial score (nSPS) is 11.8. The van der Waals surface area contributed by atoms with Crippen molar-refractivity contribution >= 4 is 22.7 Å². The second kappa shape index (κ2) is 10.1. The molecule has 0 unspecified atom stereocenters. The molecule has 0 aliphatic carbocycles.